The molecular weight excluding hydrogens is 274 g/mol. The maximum absolute atomic E-state index is 4.23. The second kappa shape index (κ2) is 5.34. The maximum atomic E-state index is 4.23. The molecule has 0 aliphatic carbocycles. The molecule has 0 saturated heterocycles. The fourth-order valence-electron chi connectivity index (χ4n) is 1.18. The normalized spacial score (nSPS) is 10.5. The van der Waals surface area contributed by atoms with Crippen molar-refractivity contribution in [1.29, 1.82) is 0 Å². The topological polar surface area (TPSA) is 37.8 Å². The minimum Gasteiger partial charge on any atom is -0.306 e. The molecular formula is C10H10BrN3S. The van der Waals surface area contributed by atoms with Gasteiger partial charge in [0.1, 0.15) is 0 Å². The summed E-state index contributed by atoms with van der Waals surface area (Å²) in [6.07, 6.45) is 3.63. The third-order valence-corrected chi connectivity index (χ3v) is 3.65. The molecule has 2 heterocycles. The molecule has 5 heteroatoms. The van der Waals surface area contributed by atoms with E-state index >= 15 is 0 Å². The summed E-state index contributed by atoms with van der Waals surface area (Å²) in [6.45, 7) is 1.60. The molecule has 0 aromatic carbocycles. The Bertz CT molecular complexity index is 416. The standard InChI is InChI=1S/C10H10BrN3S/c11-9-6-14-15-10(9)7-12-5-8-3-1-2-4-13-8/h1-4,6,12H,5,7H2. The molecule has 0 amide bonds. The quantitative estimate of drug-likeness (QED) is 0.937. The Morgan fingerprint density at radius 2 is 2.27 bits per heavy atom. The van der Waals surface area contributed by atoms with Crippen LogP contribution in [0.5, 0.6) is 0 Å². The number of hydrogen-bond donors (Lipinski definition) is 1. The van der Waals surface area contributed by atoms with Gasteiger partial charge in [0.15, 0.2) is 0 Å². The van der Waals surface area contributed by atoms with E-state index < -0.39 is 0 Å². The smallest absolute Gasteiger partial charge is 0.0552 e. The fourth-order valence-corrected chi connectivity index (χ4v) is 2.36. The SMILES string of the molecule is Brc1cnsc1CNCc1ccccn1. The molecule has 0 aliphatic heterocycles. The summed E-state index contributed by atoms with van der Waals surface area (Å²) < 4.78 is 5.16. The average molecular weight is 284 g/mol. The Hall–Kier alpha value is -0.780. The summed E-state index contributed by atoms with van der Waals surface area (Å²) in [5.74, 6) is 0. The van der Waals surface area contributed by atoms with Gasteiger partial charge in [-0.15, -0.1) is 0 Å². The zero-order valence-corrected chi connectivity index (χ0v) is 10.4. The molecule has 0 radical (unpaired) electrons. The van der Waals surface area contributed by atoms with Crippen LogP contribution < -0.4 is 5.32 Å². The summed E-state index contributed by atoms with van der Waals surface area (Å²) in [6, 6.07) is 5.92. The molecule has 0 fully saturated rings. The summed E-state index contributed by atoms with van der Waals surface area (Å²) in [4.78, 5) is 5.45. The lowest BCUT2D eigenvalue weighted by molar-refractivity contribution is 0.685. The molecule has 78 valence electrons. The third-order valence-electron chi connectivity index (χ3n) is 1.91. The predicted molar refractivity (Wildman–Crippen MR) is 64.6 cm³/mol. The van der Waals surface area contributed by atoms with Crippen LogP contribution in [0.15, 0.2) is 35.1 Å². The molecule has 0 atom stereocenters. The second-order valence-electron chi connectivity index (χ2n) is 3.02. The van der Waals surface area contributed by atoms with Crippen LogP contribution in [0, 0.1) is 0 Å². The van der Waals surface area contributed by atoms with Crippen molar-refractivity contribution in [3.63, 3.8) is 0 Å². The summed E-state index contributed by atoms with van der Waals surface area (Å²) in [7, 11) is 0. The van der Waals surface area contributed by atoms with Crippen molar-refractivity contribution in [2.75, 3.05) is 0 Å². The summed E-state index contributed by atoms with van der Waals surface area (Å²) >= 11 is 4.95. The Kier molecular flexibility index (Phi) is 3.82. The van der Waals surface area contributed by atoms with E-state index in [0.29, 0.717) is 0 Å². The molecule has 0 saturated carbocycles. The van der Waals surface area contributed by atoms with Gasteiger partial charge in [-0.25, -0.2) is 0 Å². The number of hydrogen-bond acceptors (Lipinski definition) is 4. The lowest BCUT2D eigenvalue weighted by Crippen LogP contribution is -2.12. The van der Waals surface area contributed by atoms with Gasteiger partial charge in [0, 0.05) is 19.3 Å². The van der Waals surface area contributed by atoms with Gasteiger partial charge in [-0.3, -0.25) is 4.98 Å². The van der Waals surface area contributed by atoms with Gasteiger partial charge >= 0.3 is 0 Å². The zero-order chi connectivity index (χ0) is 10.5. The highest BCUT2D eigenvalue weighted by atomic mass is 79.9. The maximum Gasteiger partial charge on any atom is 0.0552 e. The molecule has 2 aromatic heterocycles. The lowest BCUT2D eigenvalue weighted by atomic mass is 10.3. The Balaban J connectivity index is 1.83. The van der Waals surface area contributed by atoms with Gasteiger partial charge in [-0.2, -0.15) is 4.37 Å². The van der Waals surface area contributed by atoms with Crippen LogP contribution >= 0.6 is 27.5 Å². The minimum absolute atomic E-state index is 0.783. The van der Waals surface area contributed by atoms with Crippen molar-refractivity contribution >= 4 is 27.5 Å². The van der Waals surface area contributed by atoms with Gasteiger partial charge in [-0.1, -0.05) is 6.07 Å². The molecule has 0 unspecified atom stereocenters. The van der Waals surface area contributed by atoms with E-state index in [1.807, 2.05) is 24.4 Å². The van der Waals surface area contributed by atoms with E-state index in [1.54, 1.807) is 6.20 Å². The molecule has 2 aromatic rings. The van der Waals surface area contributed by atoms with E-state index in [9.17, 15) is 0 Å². The molecule has 0 aliphatic rings. The number of pyridine rings is 1. The first kappa shape index (κ1) is 10.7. The van der Waals surface area contributed by atoms with Crippen molar-refractivity contribution in [3.8, 4) is 0 Å². The number of halogens is 1. The van der Waals surface area contributed by atoms with Crippen LogP contribution in [0.3, 0.4) is 0 Å². The van der Waals surface area contributed by atoms with Crippen LogP contribution in [0.4, 0.5) is 0 Å². The first-order valence-corrected chi connectivity index (χ1v) is 6.12. The Morgan fingerprint density at radius 3 is 2.93 bits per heavy atom. The highest BCUT2D eigenvalue weighted by Gasteiger charge is 2.01. The van der Waals surface area contributed by atoms with Crippen molar-refractivity contribution in [2.24, 2.45) is 0 Å². The lowest BCUT2D eigenvalue weighted by Gasteiger charge is -2.02. The zero-order valence-electron chi connectivity index (χ0n) is 7.98. The van der Waals surface area contributed by atoms with E-state index in [2.05, 4.69) is 30.6 Å². The van der Waals surface area contributed by atoms with E-state index in [1.165, 1.54) is 16.4 Å². The largest absolute Gasteiger partial charge is 0.306 e. The number of aromatic nitrogens is 2. The van der Waals surface area contributed by atoms with E-state index in [-0.39, 0.29) is 0 Å². The number of rotatable bonds is 4. The fraction of sp³-hybridized carbons (Fsp3) is 0.200. The molecule has 0 bridgehead atoms. The van der Waals surface area contributed by atoms with Gasteiger partial charge in [-0.05, 0) is 39.6 Å². The van der Waals surface area contributed by atoms with Crippen molar-refractivity contribution in [3.05, 3.63) is 45.6 Å². The Morgan fingerprint density at radius 1 is 1.33 bits per heavy atom. The van der Waals surface area contributed by atoms with Crippen molar-refractivity contribution < 1.29 is 0 Å². The first-order valence-electron chi connectivity index (χ1n) is 4.56. The highest BCUT2D eigenvalue weighted by molar-refractivity contribution is 9.10. The van der Waals surface area contributed by atoms with Crippen LogP contribution in [0.2, 0.25) is 0 Å². The number of nitrogens with one attached hydrogen (secondary N) is 1. The van der Waals surface area contributed by atoms with E-state index in [4.69, 9.17) is 0 Å². The molecule has 0 spiro atoms. The molecule has 2 rings (SSSR count). The van der Waals surface area contributed by atoms with Crippen LogP contribution in [0.25, 0.3) is 0 Å². The summed E-state index contributed by atoms with van der Waals surface area (Å²) in [5.41, 5.74) is 1.05. The van der Waals surface area contributed by atoms with Crippen LogP contribution in [-0.4, -0.2) is 9.36 Å². The second-order valence-corrected chi connectivity index (χ2v) is 4.76. The number of nitrogens with zero attached hydrogens (tertiary/aromatic N) is 2. The first-order chi connectivity index (χ1) is 7.36. The van der Waals surface area contributed by atoms with Gasteiger partial charge in [0.2, 0.25) is 0 Å². The average Bonchev–Trinajstić information content (AvgIpc) is 2.66. The van der Waals surface area contributed by atoms with Gasteiger partial charge in [0.05, 0.1) is 21.2 Å². The van der Waals surface area contributed by atoms with E-state index in [0.717, 1.165) is 23.3 Å². The third kappa shape index (κ3) is 3.09. The van der Waals surface area contributed by atoms with Crippen LogP contribution in [0.1, 0.15) is 10.6 Å². The minimum atomic E-state index is 0.783. The summed E-state index contributed by atoms with van der Waals surface area (Å²) in [5, 5.41) is 3.32. The predicted octanol–water partition coefficient (Wildman–Crippen LogP) is 2.59. The molecule has 3 nitrogen and oxygen atoms in total. The van der Waals surface area contributed by atoms with Crippen molar-refractivity contribution in [2.45, 2.75) is 13.1 Å². The molecule has 15 heavy (non-hydrogen) atoms. The van der Waals surface area contributed by atoms with Gasteiger partial charge < -0.3 is 5.32 Å². The van der Waals surface area contributed by atoms with Crippen LogP contribution in [-0.2, 0) is 13.1 Å². The molecule has 1 N–H and O–H groups in total. The highest BCUT2D eigenvalue weighted by Crippen LogP contribution is 2.19. The van der Waals surface area contributed by atoms with Crippen molar-refractivity contribution in [1.82, 2.24) is 14.7 Å². The van der Waals surface area contributed by atoms with Gasteiger partial charge in [0.25, 0.3) is 0 Å². The monoisotopic (exact) mass is 283 g/mol. The Labute approximate surface area is 101 Å².